The number of carbonyl (C=O) groups is 2. The number of carboxylic acid groups (broad SMARTS) is 1. The van der Waals surface area contributed by atoms with E-state index < -0.39 is 5.97 Å². The first kappa shape index (κ1) is 14.0. The van der Waals surface area contributed by atoms with Gasteiger partial charge in [0, 0.05) is 6.54 Å². The highest BCUT2D eigenvalue weighted by Crippen LogP contribution is 2.19. The van der Waals surface area contributed by atoms with Gasteiger partial charge in [0.25, 0.3) is 5.91 Å². The van der Waals surface area contributed by atoms with Crippen LogP contribution in [0.4, 0.5) is 0 Å². The summed E-state index contributed by atoms with van der Waals surface area (Å²) in [6.07, 6.45) is -0.128. The maximum absolute atomic E-state index is 11.8. The zero-order chi connectivity index (χ0) is 13.5. The van der Waals surface area contributed by atoms with Gasteiger partial charge in [0.05, 0.1) is 18.1 Å². The number of benzene rings is 1. The molecular weight excluding hydrogens is 234 g/mol. The summed E-state index contributed by atoms with van der Waals surface area (Å²) in [5.74, 6) is -0.769. The Kier molecular flexibility index (Phi) is 5.17. The Hall–Kier alpha value is -2.04. The Balaban J connectivity index is 2.69. The molecule has 18 heavy (non-hydrogen) atoms. The van der Waals surface area contributed by atoms with Gasteiger partial charge in [0.1, 0.15) is 5.75 Å². The predicted molar refractivity (Wildman–Crippen MR) is 66.8 cm³/mol. The first-order valence-electron chi connectivity index (χ1n) is 5.76. The van der Waals surface area contributed by atoms with Crippen molar-refractivity contribution in [2.45, 2.75) is 26.4 Å². The van der Waals surface area contributed by atoms with E-state index in [4.69, 9.17) is 9.84 Å². The lowest BCUT2D eigenvalue weighted by Crippen LogP contribution is -2.26. The zero-order valence-electron chi connectivity index (χ0n) is 10.5. The van der Waals surface area contributed by atoms with Crippen LogP contribution in [0.3, 0.4) is 0 Å². The van der Waals surface area contributed by atoms with Crippen molar-refractivity contribution >= 4 is 11.9 Å². The Morgan fingerprint density at radius 2 is 2.00 bits per heavy atom. The lowest BCUT2D eigenvalue weighted by molar-refractivity contribution is -0.136. The normalized spacial score (nSPS) is 10.2. The summed E-state index contributed by atoms with van der Waals surface area (Å²) >= 11 is 0. The smallest absolute Gasteiger partial charge is 0.305 e. The van der Waals surface area contributed by atoms with Crippen molar-refractivity contribution in [1.29, 1.82) is 0 Å². The molecule has 0 heterocycles. The van der Waals surface area contributed by atoms with Crippen LogP contribution < -0.4 is 10.1 Å². The second-order valence-corrected chi connectivity index (χ2v) is 4.06. The summed E-state index contributed by atoms with van der Waals surface area (Å²) in [5.41, 5.74) is 0.414. The van der Waals surface area contributed by atoms with E-state index in [0.717, 1.165) is 0 Å². The summed E-state index contributed by atoms with van der Waals surface area (Å²) < 4.78 is 5.52. The minimum Gasteiger partial charge on any atom is -0.490 e. The van der Waals surface area contributed by atoms with E-state index in [1.54, 1.807) is 24.3 Å². The summed E-state index contributed by atoms with van der Waals surface area (Å²) in [5, 5.41) is 11.0. The molecule has 98 valence electrons. The molecule has 1 amide bonds. The van der Waals surface area contributed by atoms with Crippen LogP contribution in [0, 0.1) is 0 Å². The van der Waals surface area contributed by atoms with Crippen molar-refractivity contribution in [2.75, 3.05) is 6.54 Å². The van der Waals surface area contributed by atoms with Crippen LogP contribution in [-0.2, 0) is 4.79 Å². The molecule has 0 aliphatic heterocycles. The van der Waals surface area contributed by atoms with Gasteiger partial charge >= 0.3 is 5.97 Å². The summed E-state index contributed by atoms with van der Waals surface area (Å²) in [6.45, 7) is 3.85. The molecule has 0 spiro atoms. The zero-order valence-corrected chi connectivity index (χ0v) is 10.5. The highest BCUT2D eigenvalue weighted by Gasteiger charge is 2.12. The fourth-order valence-electron chi connectivity index (χ4n) is 1.39. The van der Waals surface area contributed by atoms with Gasteiger partial charge in [-0.05, 0) is 26.0 Å². The van der Waals surface area contributed by atoms with Crippen LogP contribution >= 0.6 is 0 Å². The number of ether oxygens (including phenoxy) is 1. The van der Waals surface area contributed by atoms with Crippen molar-refractivity contribution in [3.63, 3.8) is 0 Å². The predicted octanol–water partition coefficient (Wildman–Crippen LogP) is 1.68. The van der Waals surface area contributed by atoms with Crippen molar-refractivity contribution < 1.29 is 19.4 Å². The van der Waals surface area contributed by atoms with Crippen molar-refractivity contribution in [3.05, 3.63) is 29.8 Å². The van der Waals surface area contributed by atoms with Crippen molar-refractivity contribution in [1.82, 2.24) is 5.32 Å². The summed E-state index contributed by atoms with van der Waals surface area (Å²) in [6, 6.07) is 6.88. The molecule has 2 N–H and O–H groups in total. The SMILES string of the molecule is CC(C)Oc1ccccc1C(=O)NCCC(=O)O. The fraction of sp³-hybridized carbons (Fsp3) is 0.385. The van der Waals surface area contributed by atoms with Gasteiger partial charge in [-0.1, -0.05) is 12.1 Å². The average Bonchev–Trinajstić information content (AvgIpc) is 2.28. The highest BCUT2D eigenvalue weighted by atomic mass is 16.5. The third-order valence-corrected chi connectivity index (χ3v) is 2.12. The molecule has 5 heteroatoms. The second-order valence-electron chi connectivity index (χ2n) is 4.06. The van der Waals surface area contributed by atoms with Gasteiger partial charge in [-0.3, -0.25) is 9.59 Å². The Bertz CT molecular complexity index is 429. The van der Waals surface area contributed by atoms with Crippen molar-refractivity contribution in [3.8, 4) is 5.75 Å². The van der Waals surface area contributed by atoms with E-state index in [1.165, 1.54) is 0 Å². The van der Waals surface area contributed by atoms with Gasteiger partial charge in [-0.15, -0.1) is 0 Å². The van der Waals surface area contributed by atoms with Crippen LogP contribution in [0.25, 0.3) is 0 Å². The number of carboxylic acids is 1. The van der Waals surface area contributed by atoms with Gasteiger partial charge in [0.2, 0.25) is 0 Å². The monoisotopic (exact) mass is 251 g/mol. The maximum atomic E-state index is 11.8. The molecule has 0 radical (unpaired) electrons. The molecule has 0 aromatic heterocycles. The van der Waals surface area contributed by atoms with Crippen LogP contribution in [-0.4, -0.2) is 29.6 Å². The van der Waals surface area contributed by atoms with E-state index in [2.05, 4.69) is 5.32 Å². The minimum absolute atomic E-state index is 0.0297. The van der Waals surface area contributed by atoms with Gasteiger partial charge in [-0.2, -0.15) is 0 Å². The average molecular weight is 251 g/mol. The maximum Gasteiger partial charge on any atom is 0.305 e. The lowest BCUT2D eigenvalue weighted by Gasteiger charge is -2.13. The molecule has 1 aromatic rings. The summed E-state index contributed by atoms with van der Waals surface area (Å²) in [7, 11) is 0. The van der Waals surface area contributed by atoms with Crippen LogP contribution in [0.5, 0.6) is 5.75 Å². The van der Waals surface area contributed by atoms with E-state index in [1.807, 2.05) is 13.8 Å². The molecule has 5 nitrogen and oxygen atoms in total. The van der Waals surface area contributed by atoms with Gasteiger partial charge in [0.15, 0.2) is 0 Å². The van der Waals surface area contributed by atoms with E-state index in [9.17, 15) is 9.59 Å². The standard InChI is InChI=1S/C13H17NO4/c1-9(2)18-11-6-4-3-5-10(11)13(17)14-8-7-12(15)16/h3-6,9H,7-8H2,1-2H3,(H,14,17)(H,15,16). The topological polar surface area (TPSA) is 75.6 Å². The number of rotatable bonds is 6. The summed E-state index contributed by atoms with van der Waals surface area (Å²) in [4.78, 5) is 22.2. The molecule has 1 aromatic carbocycles. The molecular formula is C13H17NO4. The van der Waals surface area contributed by atoms with E-state index >= 15 is 0 Å². The van der Waals surface area contributed by atoms with Gasteiger partial charge in [-0.25, -0.2) is 0 Å². The molecule has 0 aliphatic carbocycles. The number of aliphatic carboxylic acids is 1. The quantitative estimate of drug-likeness (QED) is 0.806. The molecule has 0 bridgehead atoms. The van der Waals surface area contributed by atoms with Crippen LogP contribution in [0.2, 0.25) is 0 Å². The molecule has 0 atom stereocenters. The lowest BCUT2D eigenvalue weighted by atomic mass is 10.2. The minimum atomic E-state index is -0.943. The number of carbonyl (C=O) groups excluding carboxylic acids is 1. The van der Waals surface area contributed by atoms with Crippen LogP contribution in [0.1, 0.15) is 30.6 Å². The third-order valence-electron chi connectivity index (χ3n) is 2.12. The Morgan fingerprint density at radius 3 is 2.61 bits per heavy atom. The largest absolute Gasteiger partial charge is 0.490 e. The molecule has 0 unspecified atom stereocenters. The first-order valence-corrected chi connectivity index (χ1v) is 5.76. The van der Waals surface area contributed by atoms with Crippen LogP contribution in [0.15, 0.2) is 24.3 Å². The number of para-hydroxylation sites is 1. The first-order chi connectivity index (χ1) is 8.50. The number of hydrogen-bond acceptors (Lipinski definition) is 3. The molecule has 0 fully saturated rings. The highest BCUT2D eigenvalue weighted by molar-refractivity contribution is 5.97. The molecule has 0 aliphatic rings. The molecule has 0 saturated carbocycles. The Labute approximate surface area is 106 Å². The van der Waals surface area contributed by atoms with Gasteiger partial charge < -0.3 is 15.2 Å². The number of hydrogen-bond donors (Lipinski definition) is 2. The second kappa shape index (κ2) is 6.64. The third kappa shape index (κ3) is 4.45. The molecule has 1 rings (SSSR count). The Morgan fingerprint density at radius 1 is 1.33 bits per heavy atom. The molecule has 0 saturated heterocycles. The fourth-order valence-corrected chi connectivity index (χ4v) is 1.39. The number of nitrogens with one attached hydrogen (secondary N) is 1. The van der Waals surface area contributed by atoms with E-state index in [-0.39, 0.29) is 25.0 Å². The number of amides is 1. The van der Waals surface area contributed by atoms with E-state index in [0.29, 0.717) is 11.3 Å². The van der Waals surface area contributed by atoms with Crippen molar-refractivity contribution in [2.24, 2.45) is 0 Å².